The highest BCUT2D eigenvalue weighted by molar-refractivity contribution is 7.71. The fraction of sp³-hybridized carbons (Fsp3) is 0.150. The van der Waals surface area contributed by atoms with E-state index in [9.17, 15) is 4.79 Å². The van der Waals surface area contributed by atoms with Gasteiger partial charge in [0, 0.05) is 23.9 Å². The Morgan fingerprint density at radius 1 is 1.19 bits per heavy atom. The van der Waals surface area contributed by atoms with Crippen molar-refractivity contribution >= 4 is 24.0 Å². The van der Waals surface area contributed by atoms with E-state index in [0.717, 1.165) is 22.5 Å². The molecule has 0 bridgehead atoms. The normalized spacial score (nSPS) is 10.6. The summed E-state index contributed by atoms with van der Waals surface area (Å²) in [5, 5.41) is 7.47. The van der Waals surface area contributed by atoms with Crippen LogP contribution in [-0.4, -0.2) is 28.5 Å². The monoisotopic (exact) mass is 380 g/mol. The zero-order valence-corrected chi connectivity index (χ0v) is 15.7. The third kappa shape index (κ3) is 4.32. The molecule has 1 heterocycles. The van der Waals surface area contributed by atoms with E-state index in [1.165, 1.54) is 7.11 Å². The summed E-state index contributed by atoms with van der Waals surface area (Å²) < 4.78 is 7.12. The second-order valence-electron chi connectivity index (χ2n) is 6.08. The Morgan fingerprint density at radius 3 is 2.44 bits per heavy atom. The van der Waals surface area contributed by atoms with Crippen molar-refractivity contribution in [1.29, 1.82) is 5.41 Å². The molecule has 1 aromatic heterocycles. The molecule has 3 aromatic rings. The largest absolute Gasteiger partial charge is 0.469 e. The molecular weight excluding hydrogens is 360 g/mol. The van der Waals surface area contributed by atoms with Crippen molar-refractivity contribution in [2.75, 3.05) is 7.11 Å². The number of nitrogens with one attached hydrogen (secondary N) is 2. The van der Waals surface area contributed by atoms with Gasteiger partial charge in [-0.05, 0) is 54.0 Å². The molecule has 0 saturated heterocycles. The number of aromatic nitrogens is 2. The van der Waals surface area contributed by atoms with Crippen LogP contribution < -0.4 is 5.73 Å². The lowest BCUT2D eigenvalue weighted by Crippen LogP contribution is -2.10. The number of nitrogens with two attached hydrogens (primary N) is 1. The minimum atomic E-state index is -0.212. The first kappa shape index (κ1) is 18.6. The van der Waals surface area contributed by atoms with E-state index >= 15 is 0 Å². The number of amidine groups is 1. The van der Waals surface area contributed by atoms with Gasteiger partial charge in [-0.1, -0.05) is 24.3 Å². The van der Waals surface area contributed by atoms with Crippen LogP contribution in [0.15, 0.2) is 54.7 Å². The van der Waals surface area contributed by atoms with Gasteiger partial charge in [-0.3, -0.25) is 14.8 Å². The van der Waals surface area contributed by atoms with Gasteiger partial charge in [0.15, 0.2) is 4.77 Å². The number of H-pyrrole nitrogens is 1. The molecule has 3 rings (SSSR count). The maximum absolute atomic E-state index is 11.2. The zero-order valence-electron chi connectivity index (χ0n) is 14.9. The second kappa shape index (κ2) is 8.01. The summed E-state index contributed by atoms with van der Waals surface area (Å²) in [6.07, 6.45) is 2.95. The van der Waals surface area contributed by atoms with E-state index < -0.39 is 0 Å². The topological polar surface area (TPSA) is 96.9 Å². The predicted octanol–water partition coefficient (Wildman–Crippen LogP) is 3.59. The summed E-state index contributed by atoms with van der Waals surface area (Å²) in [5.74, 6) is -0.178. The van der Waals surface area contributed by atoms with Crippen LogP contribution in [0.4, 0.5) is 0 Å². The number of imidazole rings is 1. The van der Waals surface area contributed by atoms with Gasteiger partial charge in [-0.25, -0.2) is 0 Å². The number of rotatable bonds is 6. The maximum atomic E-state index is 11.2. The second-order valence-corrected chi connectivity index (χ2v) is 6.46. The third-order valence-corrected chi connectivity index (χ3v) is 4.58. The van der Waals surface area contributed by atoms with Gasteiger partial charge in [0.05, 0.1) is 12.8 Å². The molecule has 2 aromatic carbocycles. The molecule has 0 spiro atoms. The number of aryl methyl sites for hydroxylation is 1. The van der Waals surface area contributed by atoms with Crippen molar-refractivity contribution in [2.45, 2.75) is 12.8 Å². The van der Waals surface area contributed by atoms with Crippen molar-refractivity contribution < 1.29 is 9.53 Å². The number of aromatic amines is 1. The number of benzene rings is 2. The molecule has 0 aliphatic heterocycles. The standard InChI is InChI=1S/C20H20N4O2S/c1-26-18(25)11-4-13-2-5-14(6-3-13)17-12-24(20(27)23-17)16-9-7-15(8-10-16)19(21)22/h2-3,5-10,12H,4,11H2,1H3,(H3,21,22)(H,23,27). The minimum Gasteiger partial charge on any atom is -0.469 e. The van der Waals surface area contributed by atoms with E-state index in [2.05, 4.69) is 9.72 Å². The van der Waals surface area contributed by atoms with Crippen LogP contribution in [-0.2, 0) is 16.0 Å². The highest BCUT2D eigenvalue weighted by Crippen LogP contribution is 2.21. The van der Waals surface area contributed by atoms with Gasteiger partial charge >= 0.3 is 5.97 Å². The number of methoxy groups -OCH3 is 1. The van der Waals surface area contributed by atoms with Crippen molar-refractivity contribution in [3.05, 3.63) is 70.6 Å². The first-order valence-corrected chi connectivity index (χ1v) is 8.81. The fourth-order valence-electron chi connectivity index (χ4n) is 2.73. The molecule has 27 heavy (non-hydrogen) atoms. The molecule has 138 valence electrons. The van der Waals surface area contributed by atoms with Crippen molar-refractivity contribution in [3.63, 3.8) is 0 Å². The van der Waals surface area contributed by atoms with Gasteiger partial charge in [0.1, 0.15) is 5.84 Å². The Balaban J connectivity index is 1.80. The number of ether oxygens (including phenoxy) is 1. The van der Waals surface area contributed by atoms with Crippen molar-refractivity contribution in [3.8, 4) is 16.9 Å². The van der Waals surface area contributed by atoms with E-state index in [1.54, 1.807) is 12.1 Å². The van der Waals surface area contributed by atoms with Crippen LogP contribution in [0.5, 0.6) is 0 Å². The van der Waals surface area contributed by atoms with Crippen LogP contribution >= 0.6 is 12.2 Å². The van der Waals surface area contributed by atoms with E-state index in [0.29, 0.717) is 23.2 Å². The van der Waals surface area contributed by atoms with E-state index in [4.69, 9.17) is 23.4 Å². The summed E-state index contributed by atoms with van der Waals surface area (Å²) in [4.78, 5) is 14.5. The summed E-state index contributed by atoms with van der Waals surface area (Å²) in [6, 6.07) is 15.3. The highest BCUT2D eigenvalue weighted by Gasteiger charge is 2.07. The Hall–Kier alpha value is -3.19. The number of esters is 1. The number of hydrogen-bond acceptors (Lipinski definition) is 4. The molecule has 0 aliphatic rings. The Kier molecular flexibility index (Phi) is 5.52. The van der Waals surface area contributed by atoms with Gasteiger partial charge in [0.25, 0.3) is 0 Å². The van der Waals surface area contributed by atoms with Crippen molar-refractivity contribution in [1.82, 2.24) is 9.55 Å². The number of nitrogens with zero attached hydrogens (tertiary/aromatic N) is 1. The summed E-state index contributed by atoms with van der Waals surface area (Å²) >= 11 is 5.44. The van der Waals surface area contributed by atoms with Gasteiger partial charge in [-0.2, -0.15) is 0 Å². The molecule has 7 heteroatoms. The molecule has 0 unspecified atom stereocenters. The maximum Gasteiger partial charge on any atom is 0.305 e. The Labute approximate surface area is 162 Å². The van der Waals surface area contributed by atoms with Crippen LogP contribution in [0.2, 0.25) is 0 Å². The molecule has 0 fully saturated rings. The molecule has 6 nitrogen and oxygen atoms in total. The summed E-state index contributed by atoms with van der Waals surface area (Å²) in [6.45, 7) is 0. The number of carbonyl (C=O) groups excluding carboxylic acids is 1. The fourth-order valence-corrected chi connectivity index (χ4v) is 3.00. The van der Waals surface area contributed by atoms with Crippen LogP contribution in [0, 0.1) is 10.2 Å². The van der Waals surface area contributed by atoms with E-state index in [-0.39, 0.29) is 11.8 Å². The van der Waals surface area contributed by atoms with Crippen molar-refractivity contribution in [2.24, 2.45) is 5.73 Å². The molecule has 4 N–H and O–H groups in total. The lowest BCUT2D eigenvalue weighted by atomic mass is 10.1. The van der Waals surface area contributed by atoms with Crippen LogP contribution in [0.25, 0.3) is 16.9 Å². The lowest BCUT2D eigenvalue weighted by Gasteiger charge is -2.04. The lowest BCUT2D eigenvalue weighted by molar-refractivity contribution is -0.140. The predicted molar refractivity (Wildman–Crippen MR) is 108 cm³/mol. The first-order valence-electron chi connectivity index (χ1n) is 8.40. The first-order chi connectivity index (χ1) is 13.0. The number of nitrogen functional groups attached to an aromatic ring is 1. The molecule has 0 amide bonds. The quantitative estimate of drug-likeness (QED) is 0.263. The summed E-state index contributed by atoms with van der Waals surface area (Å²) in [5.41, 5.74) is 10.0. The molecule has 0 aliphatic carbocycles. The third-order valence-electron chi connectivity index (χ3n) is 4.29. The average Bonchev–Trinajstić information content (AvgIpc) is 3.08. The highest BCUT2D eigenvalue weighted by atomic mass is 32.1. The Morgan fingerprint density at radius 2 is 1.85 bits per heavy atom. The SMILES string of the molecule is COC(=O)CCc1ccc(-c2cn(-c3ccc(C(=N)N)cc3)c(=S)[nH]2)cc1. The van der Waals surface area contributed by atoms with Crippen LogP contribution in [0.1, 0.15) is 17.5 Å². The number of carbonyl (C=O) groups is 1. The Bertz CT molecular complexity index is 1020. The molecule has 0 atom stereocenters. The number of hydrogen-bond donors (Lipinski definition) is 3. The molecule has 0 saturated carbocycles. The van der Waals surface area contributed by atoms with E-state index in [1.807, 2.05) is 47.2 Å². The smallest absolute Gasteiger partial charge is 0.305 e. The zero-order chi connectivity index (χ0) is 19.4. The van der Waals surface area contributed by atoms with Gasteiger partial charge in [-0.15, -0.1) is 0 Å². The molecular formula is C20H20N4O2S. The van der Waals surface area contributed by atoms with Gasteiger partial charge in [0.2, 0.25) is 0 Å². The van der Waals surface area contributed by atoms with Gasteiger partial charge < -0.3 is 15.5 Å². The van der Waals surface area contributed by atoms with Crippen LogP contribution in [0.3, 0.4) is 0 Å². The molecule has 0 radical (unpaired) electrons. The summed E-state index contributed by atoms with van der Waals surface area (Å²) in [7, 11) is 1.39. The average molecular weight is 380 g/mol. The minimum absolute atomic E-state index is 0.0344.